The fourth-order valence-electron chi connectivity index (χ4n) is 2.07. The molecule has 0 aliphatic carbocycles. The normalized spacial score (nSPS) is 19.1. The van der Waals surface area contributed by atoms with E-state index >= 15 is 0 Å². The van der Waals surface area contributed by atoms with Crippen molar-refractivity contribution in [3.63, 3.8) is 0 Å². The second-order valence-corrected chi connectivity index (χ2v) is 5.20. The molecule has 1 aliphatic rings. The van der Waals surface area contributed by atoms with Crippen LogP contribution in [0.4, 0.5) is 0 Å². The molecule has 1 heterocycles. The van der Waals surface area contributed by atoms with Crippen LogP contribution < -0.4 is 11.1 Å². The molecule has 0 spiro atoms. The third-order valence-electron chi connectivity index (χ3n) is 3.12. The molecule has 106 valence electrons. The van der Waals surface area contributed by atoms with Gasteiger partial charge in [0.2, 0.25) is 5.91 Å². The van der Waals surface area contributed by atoms with Crippen LogP contribution in [0, 0.1) is 5.92 Å². The molecule has 18 heavy (non-hydrogen) atoms. The minimum Gasteiger partial charge on any atom is -0.381 e. The van der Waals surface area contributed by atoms with Gasteiger partial charge in [0.15, 0.2) is 0 Å². The van der Waals surface area contributed by atoms with E-state index in [1.165, 1.54) is 0 Å². The summed E-state index contributed by atoms with van der Waals surface area (Å²) in [4.78, 5) is 11.2. The Kier molecular flexibility index (Phi) is 7.23. The predicted octanol–water partition coefficient (Wildman–Crippen LogP) is 0.672. The number of primary amides is 1. The van der Waals surface area contributed by atoms with Crippen LogP contribution in [0.3, 0.4) is 0 Å². The topological polar surface area (TPSA) is 73.6 Å². The third-order valence-corrected chi connectivity index (χ3v) is 3.12. The van der Waals surface area contributed by atoms with Crippen molar-refractivity contribution in [2.24, 2.45) is 11.7 Å². The molecule has 0 radical (unpaired) electrons. The van der Waals surface area contributed by atoms with Gasteiger partial charge in [0.1, 0.15) is 0 Å². The van der Waals surface area contributed by atoms with Gasteiger partial charge in [-0.15, -0.1) is 0 Å². The molecule has 0 aromatic rings. The number of ether oxygens (including phenoxy) is 2. The molecular formula is C13H26N2O3. The highest BCUT2D eigenvalue weighted by molar-refractivity contribution is 5.79. The first-order valence-corrected chi connectivity index (χ1v) is 6.80. The van der Waals surface area contributed by atoms with Gasteiger partial charge < -0.3 is 20.5 Å². The van der Waals surface area contributed by atoms with Crippen LogP contribution in [0.5, 0.6) is 0 Å². The molecule has 1 aliphatic heterocycles. The number of nitrogens with one attached hydrogen (secondary N) is 1. The summed E-state index contributed by atoms with van der Waals surface area (Å²) in [6.45, 7) is 7.01. The van der Waals surface area contributed by atoms with Gasteiger partial charge in [-0.2, -0.15) is 0 Å². The van der Waals surface area contributed by atoms with Crippen LogP contribution in [0.1, 0.15) is 33.1 Å². The molecule has 5 heteroatoms. The summed E-state index contributed by atoms with van der Waals surface area (Å²) in [5.41, 5.74) is 5.34. The van der Waals surface area contributed by atoms with Gasteiger partial charge in [-0.3, -0.25) is 4.79 Å². The molecule has 0 saturated carbocycles. The molecule has 1 rings (SSSR count). The number of nitrogens with two attached hydrogens (primary N) is 1. The van der Waals surface area contributed by atoms with Gasteiger partial charge in [0.25, 0.3) is 0 Å². The van der Waals surface area contributed by atoms with E-state index in [0.717, 1.165) is 32.7 Å². The average Bonchev–Trinajstić information content (AvgIpc) is 2.33. The van der Waals surface area contributed by atoms with Gasteiger partial charge in [-0.25, -0.2) is 0 Å². The Labute approximate surface area is 109 Å². The van der Waals surface area contributed by atoms with E-state index < -0.39 is 0 Å². The van der Waals surface area contributed by atoms with Crippen LogP contribution in [0.15, 0.2) is 0 Å². The van der Waals surface area contributed by atoms with E-state index in [1.807, 2.05) is 13.8 Å². The minimum atomic E-state index is -0.307. The highest BCUT2D eigenvalue weighted by atomic mass is 16.5. The molecule has 0 bridgehead atoms. The lowest BCUT2D eigenvalue weighted by Gasteiger charge is -2.22. The summed E-state index contributed by atoms with van der Waals surface area (Å²) in [6, 6.07) is -0.0438. The third kappa shape index (κ3) is 6.33. The Morgan fingerprint density at radius 2 is 2.11 bits per heavy atom. The molecule has 5 nitrogen and oxygen atoms in total. The smallest absolute Gasteiger partial charge is 0.234 e. The summed E-state index contributed by atoms with van der Waals surface area (Å²) >= 11 is 0. The molecule has 1 unspecified atom stereocenters. The van der Waals surface area contributed by atoms with Gasteiger partial charge in [0.05, 0.1) is 6.04 Å². The maximum Gasteiger partial charge on any atom is 0.234 e. The zero-order valence-electron chi connectivity index (χ0n) is 11.5. The quantitative estimate of drug-likeness (QED) is 0.628. The van der Waals surface area contributed by atoms with Crippen molar-refractivity contribution in [1.29, 1.82) is 0 Å². The van der Waals surface area contributed by atoms with Crippen LogP contribution in [0.2, 0.25) is 0 Å². The fraction of sp³-hybridized carbons (Fsp3) is 0.923. The van der Waals surface area contributed by atoms with Crippen LogP contribution in [0.25, 0.3) is 0 Å². The van der Waals surface area contributed by atoms with Crippen LogP contribution in [-0.4, -0.2) is 44.4 Å². The van der Waals surface area contributed by atoms with E-state index in [9.17, 15) is 4.79 Å². The number of rotatable bonds is 8. The largest absolute Gasteiger partial charge is 0.381 e. The highest BCUT2D eigenvalue weighted by Crippen LogP contribution is 2.14. The Bertz CT molecular complexity index is 240. The highest BCUT2D eigenvalue weighted by Gasteiger charge is 2.17. The lowest BCUT2D eigenvalue weighted by molar-refractivity contribution is -0.120. The molecule has 1 saturated heterocycles. The molecular weight excluding hydrogens is 232 g/mol. The van der Waals surface area contributed by atoms with Gasteiger partial charge >= 0.3 is 0 Å². The van der Waals surface area contributed by atoms with Crippen molar-refractivity contribution < 1.29 is 14.3 Å². The second-order valence-electron chi connectivity index (χ2n) is 5.20. The minimum absolute atomic E-state index is 0.248. The molecule has 3 N–H and O–H groups in total. The average molecular weight is 258 g/mol. The summed E-state index contributed by atoms with van der Waals surface area (Å²) in [5.74, 6) is 0.294. The second kappa shape index (κ2) is 8.45. The Morgan fingerprint density at radius 1 is 1.44 bits per heavy atom. The lowest BCUT2D eigenvalue weighted by Crippen LogP contribution is -2.45. The lowest BCUT2D eigenvalue weighted by atomic mass is 10.0. The zero-order valence-corrected chi connectivity index (χ0v) is 11.5. The monoisotopic (exact) mass is 258 g/mol. The van der Waals surface area contributed by atoms with E-state index in [2.05, 4.69) is 5.32 Å². The summed E-state index contributed by atoms with van der Waals surface area (Å²) in [6.07, 6.45) is 2.78. The van der Waals surface area contributed by atoms with E-state index in [-0.39, 0.29) is 18.0 Å². The van der Waals surface area contributed by atoms with Gasteiger partial charge in [-0.05, 0) is 25.2 Å². The van der Waals surface area contributed by atoms with Gasteiger partial charge in [-0.1, -0.05) is 13.8 Å². The fourth-order valence-corrected chi connectivity index (χ4v) is 2.07. The van der Waals surface area contributed by atoms with Crippen molar-refractivity contribution >= 4 is 5.91 Å². The summed E-state index contributed by atoms with van der Waals surface area (Å²) in [5, 5.41) is 3.14. The van der Waals surface area contributed by atoms with Crippen molar-refractivity contribution in [2.75, 3.05) is 26.4 Å². The van der Waals surface area contributed by atoms with E-state index in [4.69, 9.17) is 15.2 Å². The standard InChI is InChI=1S/C13H26N2O3/c1-10(2)15-12(13(14)16)5-8-18-9-11-3-6-17-7-4-11/h10-12,15H,3-9H2,1-2H3,(H2,14,16). The summed E-state index contributed by atoms with van der Waals surface area (Å²) in [7, 11) is 0. The van der Waals surface area contributed by atoms with Crippen molar-refractivity contribution in [1.82, 2.24) is 5.32 Å². The molecule has 1 amide bonds. The maximum absolute atomic E-state index is 11.2. The Hall–Kier alpha value is -0.650. The number of carbonyl (C=O) groups is 1. The molecule has 1 atom stereocenters. The van der Waals surface area contributed by atoms with E-state index in [1.54, 1.807) is 0 Å². The van der Waals surface area contributed by atoms with Crippen LogP contribution >= 0.6 is 0 Å². The number of hydrogen-bond acceptors (Lipinski definition) is 4. The maximum atomic E-state index is 11.2. The van der Waals surface area contributed by atoms with Crippen molar-refractivity contribution in [3.05, 3.63) is 0 Å². The first-order chi connectivity index (χ1) is 8.59. The Morgan fingerprint density at radius 3 is 2.67 bits per heavy atom. The zero-order chi connectivity index (χ0) is 13.4. The van der Waals surface area contributed by atoms with Gasteiger partial charge in [0, 0.05) is 32.5 Å². The SMILES string of the molecule is CC(C)NC(CCOCC1CCOCC1)C(N)=O. The number of amides is 1. The molecule has 1 fully saturated rings. The Balaban J connectivity index is 2.12. The number of carbonyl (C=O) groups excluding carboxylic acids is 1. The number of hydrogen-bond donors (Lipinski definition) is 2. The molecule has 0 aromatic heterocycles. The van der Waals surface area contributed by atoms with Crippen LogP contribution in [-0.2, 0) is 14.3 Å². The van der Waals surface area contributed by atoms with Crippen molar-refractivity contribution in [3.8, 4) is 0 Å². The first-order valence-electron chi connectivity index (χ1n) is 6.80. The first kappa shape index (κ1) is 15.4. The van der Waals surface area contributed by atoms with Crippen molar-refractivity contribution in [2.45, 2.75) is 45.2 Å². The summed E-state index contributed by atoms with van der Waals surface area (Å²) < 4.78 is 10.9. The predicted molar refractivity (Wildman–Crippen MR) is 70.2 cm³/mol. The molecule has 0 aromatic carbocycles. The van der Waals surface area contributed by atoms with E-state index in [0.29, 0.717) is 18.9 Å².